The van der Waals surface area contributed by atoms with Crippen molar-refractivity contribution in [3.63, 3.8) is 0 Å². The molecule has 1 aliphatic rings. The molecule has 0 saturated heterocycles. The van der Waals surface area contributed by atoms with Gasteiger partial charge in [0.15, 0.2) is 0 Å². The summed E-state index contributed by atoms with van der Waals surface area (Å²) in [5, 5.41) is 0. The Balaban J connectivity index is 1.53. The molecular weight excluding hydrogens is 376 g/mol. The molecule has 0 heterocycles. The van der Waals surface area contributed by atoms with E-state index < -0.39 is 0 Å². The Morgan fingerprint density at radius 3 is 2.24 bits per heavy atom. The van der Waals surface area contributed by atoms with Gasteiger partial charge in [-0.3, -0.25) is 4.79 Å². The van der Waals surface area contributed by atoms with Crippen molar-refractivity contribution in [1.82, 2.24) is 0 Å². The highest BCUT2D eigenvalue weighted by Gasteiger charge is 2.20. The second kappa shape index (κ2) is 8.48. The van der Waals surface area contributed by atoms with Crippen LogP contribution in [-0.4, -0.2) is 5.97 Å². The van der Waals surface area contributed by atoms with Crippen LogP contribution >= 0.6 is 15.9 Å². The van der Waals surface area contributed by atoms with Crippen LogP contribution in [0.4, 0.5) is 0 Å². The third kappa shape index (κ3) is 5.30. The number of allylic oxidation sites excluding steroid dienone is 1. The largest absolute Gasteiger partial charge is 0.427 e. The number of carbonyl (C=O) groups excluding carboxylic acids is 1. The van der Waals surface area contributed by atoms with Crippen molar-refractivity contribution in [2.45, 2.75) is 38.5 Å². The average molecular weight is 399 g/mol. The van der Waals surface area contributed by atoms with Crippen LogP contribution in [-0.2, 0) is 4.79 Å². The van der Waals surface area contributed by atoms with E-state index in [0.29, 0.717) is 17.6 Å². The Hall–Kier alpha value is -1.87. The van der Waals surface area contributed by atoms with E-state index in [1.54, 1.807) is 0 Å². The van der Waals surface area contributed by atoms with E-state index in [1.807, 2.05) is 12.1 Å². The highest BCUT2D eigenvalue weighted by atomic mass is 79.9. The van der Waals surface area contributed by atoms with Crippen LogP contribution in [0.3, 0.4) is 0 Å². The maximum absolute atomic E-state index is 11.0. The van der Waals surface area contributed by atoms with Crippen LogP contribution in [0.1, 0.15) is 49.7 Å². The lowest BCUT2D eigenvalue weighted by molar-refractivity contribution is -0.131. The molecule has 0 N–H and O–H groups in total. The first-order valence-corrected chi connectivity index (χ1v) is 9.61. The zero-order valence-electron chi connectivity index (χ0n) is 14.5. The first-order valence-electron chi connectivity index (χ1n) is 8.82. The quantitative estimate of drug-likeness (QED) is 0.442. The van der Waals surface area contributed by atoms with Gasteiger partial charge in [-0.2, -0.15) is 0 Å². The summed E-state index contributed by atoms with van der Waals surface area (Å²) in [7, 11) is 0. The Morgan fingerprint density at radius 1 is 1.00 bits per heavy atom. The summed E-state index contributed by atoms with van der Waals surface area (Å²) in [5.74, 6) is 1.64. The summed E-state index contributed by atoms with van der Waals surface area (Å²) in [4.78, 5) is 11.0. The summed E-state index contributed by atoms with van der Waals surface area (Å²) in [6.07, 6.45) is 9.48. The molecule has 3 heteroatoms. The first-order chi connectivity index (χ1) is 12.1. The van der Waals surface area contributed by atoms with Gasteiger partial charge in [0.2, 0.25) is 0 Å². The Bertz CT molecular complexity index is 724. The van der Waals surface area contributed by atoms with Crippen molar-refractivity contribution in [2.75, 3.05) is 0 Å². The van der Waals surface area contributed by atoms with Gasteiger partial charge in [0.1, 0.15) is 5.75 Å². The van der Waals surface area contributed by atoms with Gasteiger partial charge in [-0.15, -0.1) is 0 Å². The minimum absolute atomic E-state index is 0.272. The molecule has 25 heavy (non-hydrogen) atoms. The van der Waals surface area contributed by atoms with Gasteiger partial charge in [0.05, 0.1) is 0 Å². The number of benzene rings is 2. The molecule has 0 bridgehead atoms. The number of hydrogen-bond donors (Lipinski definition) is 0. The lowest BCUT2D eigenvalue weighted by Gasteiger charge is -2.27. The molecule has 2 aromatic carbocycles. The predicted molar refractivity (Wildman–Crippen MR) is 106 cm³/mol. The fourth-order valence-corrected chi connectivity index (χ4v) is 3.70. The molecule has 0 amide bonds. The normalized spacial score (nSPS) is 20.6. The van der Waals surface area contributed by atoms with E-state index >= 15 is 0 Å². The highest BCUT2D eigenvalue weighted by Crippen LogP contribution is 2.37. The average Bonchev–Trinajstić information content (AvgIpc) is 2.62. The molecule has 2 aromatic rings. The van der Waals surface area contributed by atoms with Gasteiger partial charge in [0.25, 0.3) is 0 Å². The number of halogens is 1. The number of carbonyl (C=O) groups is 1. The summed E-state index contributed by atoms with van der Waals surface area (Å²) in [6, 6.07) is 16.4. The molecule has 1 fully saturated rings. The second-order valence-corrected chi connectivity index (χ2v) is 7.60. The maximum atomic E-state index is 11.0. The van der Waals surface area contributed by atoms with Gasteiger partial charge in [0, 0.05) is 11.4 Å². The highest BCUT2D eigenvalue weighted by molar-refractivity contribution is 9.10. The molecule has 2 nitrogen and oxygen atoms in total. The first kappa shape index (κ1) is 17.9. The molecular formula is C22H23BrO2. The molecule has 0 unspecified atom stereocenters. The monoisotopic (exact) mass is 398 g/mol. The van der Waals surface area contributed by atoms with Gasteiger partial charge < -0.3 is 4.74 Å². The fourth-order valence-electron chi connectivity index (χ4n) is 3.44. The van der Waals surface area contributed by atoms with E-state index in [-0.39, 0.29) is 5.97 Å². The van der Waals surface area contributed by atoms with Crippen LogP contribution in [0.25, 0.3) is 6.08 Å². The predicted octanol–water partition coefficient (Wildman–Crippen LogP) is 6.36. The third-order valence-corrected chi connectivity index (χ3v) is 5.34. The molecule has 1 aliphatic carbocycles. The number of ether oxygens (including phenoxy) is 1. The van der Waals surface area contributed by atoms with Crippen molar-refractivity contribution in [3.8, 4) is 5.75 Å². The SMILES string of the molecule is CC(=O)Oc1ccc(C2CCC(/C=C/c3ccc(Br)cc3)CC2)cc1. The summed E-state index contributed by atoms with van der Waals surface area (Å²) < 4.78 is 6.22. The van der Waals surface area contributed by atoms with Crippen LogP contribution in [0.2, 0.25) is 0 Å². The van der Waals surface area contributed by atoms with E-state index in [4.69, 9.17) is 4.74 Å². The second-order valence-electron chi connectivity index (χ2n) is 6.69. The van der Waals surface area contributed by atoms with Crippen LogP contribution in [0, 0.1) is 5.92 Å². The van der Waals surface area contributed by atoms with Crippen molar-refractivity contribution in [2.24, 2.45) is 5.92 Å². The zero-order valence-corrected chi connectivity index (χ0v) is 16.0. The van der Waals surface area contributed by atoms with Gasteiger partial charge >= 0.3 is 5.97 Å². The molecule has 0 aliphatic heterocycles. The third-order valence-electron chi connectivity index (χ3n) is 4.82. The van der Waals surface area contributed by atoms with Gasteiger partial charge in [-0.1, -0.05) is 52.3 Å². The number of hydrogen-bond acceptors (Lipinski definition) is 2. The lowest BCUT2D eigenvalue weighted by Crippen LogP contribution is -2.11. The zero-order chi connectivity index (χ0) is 17.6. The number of rotatable bonds is 4. The van der Waals surface area contributed by atoms with E-state index in [9.17, 15) is 4.79 Å². The van der Waals surface area contributed by atoms with E-state index in [0.717, 1.165) is 4.47 Å². The Labute approximate surface area is 158 Å². The smallest absolute Gasteiger partial charge is 0.308 e. The van der Waals surface area contributed by atoms with Crippen molar-refractivity contribution >= 4 is 28.0 Å². The maximum Gasteiger partial charge on any atom is 0.308 e. The topological polar surface area (TPSA) is 26.3 Å². The number of esters is 1. The molecule has 0 spiro atoms. The lowest BCUT2D eigenvalue weighted by atomic mass is 9.78. The van der Waals surface area contributed by atoms with Crippen LogP contribution < -0.4 is 4.74 Å². The molecule has 3 rings (SSSR count). The summed E-state index contributed by atoms with van der Waals surface area (Å²) in [5.41, 5.74) is 2.61. The van der Waals surface area contributed by atoms with Gasteiger partial charge in [-0.25, -0.2) is 0 Å². The standard InChI is InChI=1S/C22H23BrO2/c1-16(24)25-22-14-10-20(11-15-22)19-8-4-17(5-9-19)2-3-18-6-12-21(23)13-7-18/h2-3,6-7,10-15,17,19H,4-5,8-9H2,1H3/b3-2+. The molecule has 0 aromatic heterocycles. The Kier molecular flexibility index (Phi) is 6.09. The minimum Gasteiger partial charge on any atom is -0.427 e. The van der Waals surface area contributed by atoms with Crippen molar-refractivity contribution in [1.29, 1.82) is 0 Å². The summed E-state index contributed by atoms with van der Waals surface area (Å²) >= 11 is 3.47. The van der Waals surface area contributed by atoms with E-state index in [2.05, 4.69) is 64.5 Å². The van der Waals surface area contributed by atoms with Crippen LogP contribution in [0.15, 0.2) is 59.1 Å². The molecule has 0 radical (unpaired) electrons. The Morgan fingerprint density at radius 2 is 1.64 bits per heavy atom. The van der Waals surface area contributed by atoms with Crippen molar-refractivity contribution in [3.05, 3.63) is 70.2 Å². The fraction of sp³-hybridized carbons (Fsp3) is 0.318. The van der Waals surface area contributed by atoms with Crippen LogP contribution in [0.5, 0.6) is 5.75 Å². The summed E-state index contributed by atoms with van der Waals surface area (Å²) in [6.45, 7) is 1.43. The minimum atomic E-state index is -0.272. The molecule has 1 saturated carbocycles. The molecule has 0 atom stereocenters. The van der Waals surface area contributed by atoms with Crippen molar-refractivity contribution < 1.29 is 9.53 Å². The van der Waals surface area contributed by atoms with E-state index in [1.165, 1.54) is 43.7 Å². The molecule has 130 valence electrons. The van der Waals surface area contributed by atoms with Gasteiger partial charge in [-0.05, 0) is 72.9 Å².